The molecular formula is C13H15N3O. The van der Waals surface area contributed by atoms with Gasteiger partial charge in [0.15, 0.2) is 5.78 Å². The van der Waals surface area contributed by atoms with Crippen LogP contribution in [0.2, 0.25) is 0 Å². The van der Waals surface area contributed by atoms with E-state index in [-0.39, 0.29) is 17.3 Å². The number of aryl methyl sites for hydroxylation is 1. The molecule has 1 fully saturated rings. The Morgan fingerprint density at radius 1 is 1.59 bits per heavy atom. The molecule has 88 valence electrons. The molecule has 1 aromatic heterocycles. The van der Waals surface area contributed by atoms with Gasteiger partial charge in [0.25, 0.3) is 0 Å². The molecule has 0 saturated heterocycles. The number of ketones is 1. The molecule has 0 bridgehead atoms. The molecule has 4 heteroatoms. The van der Waals surface area contributed by atoms with Gasteiger partial charge in [-0.15, -0.1) is 0 Å². The number of hydrogen-bond acceptors (Lipinski definition) is 3. The fourth-order valence-electron chi connectivity index (χ4n) is 2.24. The summed E-state index contributed by atoms with van der Waals surface area (Å²) < 4.78 is 1.65. The van der Waals surface area contributed by atoms with Crippen LogP contribution in [0.1, 0.15) is 31.4 Å². The van der Waals surface area contributed by atoms with Gasteiger partial charge in [-0.3, -0.25) is 9.48 Å². The van der Waals surface area contributed by atoms with Gasteiger partial charge in [0.1, 0.15) is 6.07 Å². The van der Waals surface area contributed by atoms with Crippen LogP contribution >= 0.6 is 0 Å². The predicted octanol–water partition coefficient (Wildman–Crippen LogP) is 2.09. The molecule has 0 atom stereocenters. The Balaban J connectivity index is 2.22. The Labute approximate surface area is 101 Å². The van der Waals surface area contributed by atoms with Crippen LogP contribution in [-0.2, 0) is 11.8 Å². The van der Waals surface area contributed by atoms with Crippen LogP contribution in [0.15, 0.2) is 17.8 Å². The van der Waals surface area contributed by atoms with E-state index in [0.717, 1.165) is 31.4 Å². The average Bonchev–Trinajstić information content (AvgIpc) is 2.97. The van der Waals surface area contributed by atoms with Gasteiger partial charge in [0.05, 0.1) is 11.3 Å². The number of nitrogens with zero attached hydrogens (tertiary/aromatic N) is 3. The van der Waals surface area contributed by atoms with Crippen molar-refractivity contribution in [1.82, 2.24) is 9.78 Å². The summed E-state index contributed by atoms with van der Waals surface area (Å²) in [5.41, 5.74) is 1.04. The lowest BCUT2D eigenvalue weighted by molar-refractivity contribution is -0.118. The molecule has 4 nitrogen and oxygen atoms in total. The van der Waals surface area contributed by atoms with Gasteiger partial charge in [-0.2, -0.15) is 10.4 Å². The van der Waals surface area contributed by atoms with E-state index in [0.29, 0.717) is 0 Å². The van der Waals surface area contributed by atoms with Crippen LogP contribution in [0.4, 0.5) is 0 Å². The highest BCUT2D eigenvalue weighted by Crippen LogP contribution is 2.28. The van der Waals surface area contributed by atoms with Crippen molar-refractivity contribution in [2.24, 2.45) is 13.0 Å². The van der Waals surface area contributed by atoms with Crippen LogP contribution in [-0.4, -0.2) is 15.6 Å². The summed E-state index contributed by atoms with van der Waals surface area (Å²) in [5.74, 6) is 0.0420. The maximum atomic E-state index is 12.1. The molecule has 0 aromatic carbocycles. The molecule has 1 heterocycles. The molecule has 0 amide bonds. The Hall–Kier alpha value is -1.89. The number of aromatic nitrogens is 2. The standard InChI is InChI=1S/C13H15N3O/c1-16-12(6-7-15-16)8-11(9-14)13(17)10-4-2-3-5-10/h6-8,10H,2-5H2,1H3. The molecule has 1 aromatic rings. The third-order valence-electron chi connectivity index (χ3n) is 3.26. The molecule has 1 aliphatic rings. The van der Waals surface area contributed by atoms with Crippen molar-refractivity contribution >= 4 is 11.9 Å². The highest BCUT2D eigenvalue weighted by Gasteiger charge is 2.25. The van der Waals surface area contributed by atoms with Crippen LogP contribution in [0.5, 0.6) is 0 Å². The molecule has 0 aliphatic heterocycles. The molecule has 17 heavy (non-hydrogen) atoms. The average molecular weight is 229 g/mol. The lowest BCUT2D eigenvalue weighted by Gasteiger charge is -2.06. The number of nitriles is 1. The smallest absolute Gasteiger partial charge is 0.176 e. The Bertz CT molecular complexity index is 487. The number of hydrogen-bond donors (Lipinski definition) is 0. The molecule has 0 N–H and O–H groups in total. The molecule has 0 unspecified atom stereocenters. The van der Waals surface area contributed by atoms with Gasteiger partial charge in [-0.25, -0.2) is 0 Å². The highest BCUT2D eigenvalue weighted by atomic mass is 16.1. The van der Waals surface area contributed by atoms with Gasteiger partial charge in [0, 0.05) is 19.2 Å². The monoisotopic (exact) mass is 229 g/mol. The molecule has 1 aliphatic carbocycles. The second-order valence-electron chi connectivity index (χ2n) is 4.40. The van der Waals surface area contributed by atoms with E-state index in [1.165, 1.54) is 0 Å². The van der Waals surface area contributed by atoms with E-state index < -0.39 is 0 Å². The molecule has 0 spiro atoms. The van der Waals surface area contributed by atoms with E-state index in [4.69, 9.17) is 5.26 Å². The van der Waals surface area contributed by atoms with Crippen molar-refractivity contribution < 1.29 is 4.79 Å². The van der Waals surface area contributed by atoms with E-state index in [2.05, 4.69) is 5.10 Å². The van der Waals surface area contributed by atoms with Crippen LogP contribution in [0, 0.1) is 17.2 Å². The van der Waals surface area contributed by atoms with E-state index in [1.54, 1.807) is 30.1 Å². The minimum Gasteiger partial charge on any atom is -0.293 e. The summed E-state index contributed by atoms with van der Waals surface area (Å²) in [6.07, 6.45) is 7.32. The summed E-state index contributed by atoms with van der Waals surface area (Å²) in [6.45, 7) is 0. The first-order chi connectivity index (χ1) is 8.22. The summed E-state index contributed by atoms with van der Waals surface area (Å²) in [6, 6.07) is 3.81. The zero-order valence-corrected chi connectivity index (χ0v) is 9.89. The quantitative estimate of drug-likeness (QED) is 0.589. The first-order valence-corrected chi connectivity index (χ1v) is 5.86. The number of carbonyl (C=O) groups excluding carboxylic acids is 1. The van der Waals surface area contributed by atoms with Crippen molar-refractivity contribution in [3.05, 3.63) is 23.5 Å². The van der Waals surface area contributed by atoms with Gasteiger partial charge in [-0.05, 0) is 25.0 Å². The summed E-state index contributed by atoms with van der Waals surface area (Å²) >= 11 is 0. The molecule has 2 rings (SSSR count). The Morgan fingerprint density at radius 3 is 2.82 bits per heavy atom. The van der Waals surface area contributed by atoms with Crippen molar-refractivity contribution in [1.29, 1.82) is 5.26 Å². The largest absolute Gasteiger partial charge is 0.293 e. The van der Waals surface area contributed by atoms with Gasteiger partial charge < -0.3 is 0 Å². The number of rotatable bonds is 3. The highest BCUT2D eigenvalue weighted by molar-refractivity contribution is 6.04. The summed E-state index contributed by atoms with van der Waals surface area (Å²) in [4.78, 5) is 12.1. The van der Waals surface area contributed by atoms with E-state index >= 15 is 0 Å². The fraction of sp³-hybridized carbons (Fsp3) is 0.462. The fourth-order valence-corrected chi connectivity index (χ4v) is 2.24. The summed E-state index contributed by atoms with van der Waals surface area (Å²) in [7, 11) is 1.79. The molecule has 1 saturated carbocycles. The minimum atomic E-state index is -0.00815. The minimum absolute atomic E-state index is 0.00815. The molecule has 0 radical (unpaired) electrons. The summed E-state index contributed by atoms with van der Waals surface area (Å²) in [5, 5.41) is 13.1. The Kier molecular flexibility index (Phi) is 3.38. The Morgan fingerprint density at radius 2 is 2.29 bits per heavy atom. The molecular weight excluding hydrogens is 214 g/mol. The van der Waals surface area contributed by atoms with E-state index in [9.17, 15) is 4.79 Å². The van der Waals surface area contributed by atoms with Crippen molar-refractivity contribution in [2.75, 3.05) is 0 Å². The third kappa shape index (κ3) is 2.44. The zero-order valence-electron chi connectivity index (χ0n) is 9.89. The maximum absolute atomic E-state index is 12.1. The zero-order chi connectivity index (χ0) is 12.3. The first kappa shape index (κ1) is 11.6. The van der Waals surface area contributed by atoms with Crippen molar-refractivity contribution in [3.8, 4) is 6.07 Å². The lowest BCUT2D eigenvalue weighted by atomic mass is 9.96. The number of Topliss-reactive ketones (excluding diaryl/α,β-unsaturated/α-hetero) is 1. The predicted molar refractivity (Wildman–Crippen MR) is 63.8 cm³/mol. The van der Waals surface area contributed by atoms with E-state index in [1.807, 2.05) is 6.07 Å². The van der Waals surface area contributed by atoms with Crippen molar-refractivity contribution in [3.63, 3.8) is 0 Å². The second kappa shape index (κ2) is 4.96. The van der Waals surface area contributed by atoms with Crippen LogP contribution in [0.25, 0.3) is 6.08 Å². The topological polar surface area (TPSA) is 58.7 Å². The second-order valence-corrected chi connectivity index (χ2v) is 4.40. The van der Waals surface area contributed by atoms with Gasteiger partial charge >= 0.3 is 0 Å². The number of allylic oxidation sites excluding steroid dienone is 1. The van der Waals surface area contributed by atoms with Crippen molar-refractivity contribution in [2.45, 2.75) is 25.7 Å². The lowest BCUT2D eigenvalue weighted by Crippen LogP contribution is -2.12. The van der Waals surface area contributed by atoms with Crippen LogP contribution in [0.3, 0.4) is 0 Å². The van der Waals surface area contributed by atoms with Gasteiger partial charge in [-0.1, -0.05) is 12.8 Å². The third-order valence-corrected chi connectivity index (χ3v) is 3.26. The first-order valence-electron chi connectivity index (χ1n) is 5.86. The number of carbonyl (C=O) groups is 1. The maximum Gasteiger partial charge on any atom is 0.176 e. The van der Waals surface area contributed by atoms with Gasteiger partial charge in [0.2, 0.25) is 0 Å². The SMILES string of the molecule is Cn1nccc1C=C(C#N)C(=O)C1CCCC1. The van der Waals surface area contributed by atoms with Crippen LogP contribution < -0.4 is 0 Å². The normalized spacial score (nSPS) is 17.1.